The first-order valence-corrected chi connectivity index (χ1v) is 4.99. The molecule has 0 heterocycles. The molecular weight excluding hydrogens is 204 g/mol. The van der Waals surface area contributed by atoms with Crippen LogP contribution in [0.5, 0.6) is 0 Å². The lowest BCUT2D eigenvalue weighted by Gasteiger charge is -2.24. The van der Waals surface area contributed by atoms with Gasteiger partial charge in [0, 0.05) is 6.61 Å². The third-order valence-electron chi connectivity index (χ3n) is 2.26. The van der Waals surface area contributed by atoms with Gasteiger partial charge in [0.05, 0.1) is 0 Å². The minimum atomic E-state index is 0.324. The Morgan fingerprint density at radius 3 is 2.82 bits per heavy atom. The van der Waals surface area contributed by atoms with Gasteiger partial charge in [0.1, 0.15) is 0 Å². The van der Waals surface area contributed by atoms with Crippen LogP contribution in [0.4, 0.5) is 0 Å². The second-order valence-corrected chi connectivity index (χ2v) is 3.60. The molecule has 1 N–H and O–H groups in total. The van der Waals surface area contributed by atoms with Crippen LogP contribution in [-0.4, -0.2) is 11.7 Å². The molecular formula is C9H14BrO. The maximum absolute atomic E-state index is 8.85. The van der Waals surface area contributed by atoms with Crippen molar-refractivity contribution in [2.24, 2.45) is 11.8 Å². The first-order valence-electron chi connectivity index (χ1n) is 4.08. The van der Waals surface area contributed by atoms with E-state index in [1.165, 1.54) is 6.42 Å². The number of allylic oxidation sites excluding steroid dienone is 1. The van der Waals surface area contributed by atoms with Gasteiger partial charge < -0.3 is 5.11 Å². The van der Waals surface area contributed by atoms with E-state index in [1.807, 2.05) is 4.99 Å². The molecule has 1 aliphatic rings. The van der Waals surface area contributed by atoms with Gasteiger partial charge in [0.15, 0.2) is 0 Å². The largest absolute Gasteiger partial charge is 0.396 e. The van der Waals surface area contributed by atoms with Crippen LogP contribution >= 0.6 is 15.9 Å². The topological polar surface area (TPSA) is 20.2 Å². The molecule has 11 heavy (non-hydrogen) atoms. The molecule has 0 amide bonds. The van der Waals surface area contributed by atoms with Crippen LogP contribution < -0.4 is 0 Å². The molecule has 0 bridgehead atoms. The van der Waals surface area contributed by atoms with E-state index in [-0.39, 0.29) is 0 Å². The van der Waals surface area contributed by atoms with Crippen molar-refractivity contribution >= 4 is 15.9 Å². The van der Waals surface area contributed by atoms with Gasteiger partial charge in [-0.1, -0.05) is 22.0 Å². The fourth-order valence-corrected chi connectivity index (χ4v) is 1.91. The lowest BCUT2D eigenvalue weighted by atomic mass is 9.83. The summed E-state index contributed by atoms with van der Waals surface area (Å²) in [6.07, 6.45) is 7.89. The molecule has 0 aliphatic heterocycles. The second kappa shape index (κ2) is 4.94. The smallest absolute Gasteiger partial charge is 0.0462 e. The Balaban J connectivity index is 2.24. The molecule has 1 rings (SSSR count). The zero-order valence-corrected chi connectivity index (χ0v) is 8.13. The second-order valence-electron chi connectivity index (χ2n) is 3.07. The summed E-state index contributed by atoms with van der Waals surface area (Å²) in [5.74, 6) is 1.15. The van der Waals surface area contributed by atoms with Crippen molar-refractivity contribution in [2.75, 3.05) is 6.61 Å². The molecule has 1 nitrogen and oxygen atoms in total. The van der Waals surface area contributed by atoms with Crippen molar-refractivity contribution in [1.29, 1.82) is 0 Å². The fraction of sp³-hybridized carbons (Fsp3) is 0.667. The Bertz CT molecular complexity index is 126. The molecule has 1 saturated carbocycles. The van der Waals surface area contributed by atoms with E-state index in [2.05, 4.69) is 28.4 Å². The van der Waals surface area contributed by atoms with E-state index < -0.39 is 0 Å². The molecule has 2 atom stereocenters. The van der Waals surface area contributed by atoms with Crippen LogP contribution in [0.2, 0.25) is 0 Å². The fourth-order valence-electron chi connectivity index (χ4n) is 1.47. The number of halogens is 1. The van der Waals surface area contributed by atoms with Gasteiger partial charge in [0.2, 0.25) is 0 Å². The van der Waals surface area contributed by atoms with Crippen molar-refractivity contribution in [2.45, 2.75) is 19.3 Å². The van der Waals surface area contributed by atoms with Gasteiger partial charge in [0.25, 0.3) is 0 Å². The van der Waals surface area contributed by atoms with E-state index in [1.54, 1.807) is 0 Å². The van der Waals surface area contributed by atoms with Crippen LogP contribution in [-0.2, 0) is 0 Å². The standard InChI is InChI=1S/C9H14BrO/c10-6-5-8-1-3-9(7-11)4-2-8/h3,5-6,8-9,11H,1-2,4,7H2/b6-5-. The normalized spacial score (nSPS) is 32.9. The average Bonchev–Trinajstić information content (AvgIpc) is 2.07. The average molecular weight is 218 g/mol. The maximum Gasteiger partial charge on any atom is 0.0462 e. The molecule has 1 aliphatic carbocycles. The van der Waals surface area contributed by atoms with E-state index in [9.17, 15) is 0 Å². The minimum Gasteiger partial charge on any atom is -0.396 e. The Hall–Kier alpha value is 0.180. The highest BCUT2D eigenvalue weighted by Gasteiger charge is 2.18. The monoisotopic (exact) mass is 217 g/mol. The first-order chi connectivity index (χ1) is 5.36. The quantitative estimate of drug-likeness (QED) is 0.754. The molecule has 63 valence electrons. The van der Waals surface area contributed by atoms with Crippen LogP contribution in [0.25, 0.3) is 0 Å². The summed E-state index contributed by atoms with van der Waals surface area (Å²) in [5, 5.41) is 8.85. The Kier molecular flexibility index (Phi) is 4.16. The summed E-state index contributed by atoms with van der Waals surface area (Å²) in [4.78, 5) is 1.94. The highest BCUT2D eigenvalue weighted by atomic mass is 79.9. The summed E-state index contributed by atoms with van der Waals surface area (Å²) < 4.78 is 0. The van der Waals surface area contributed by atoms with Crippen molar-refractivity contribution in [3.8, 4) is 0 Å². The van der Waals surface area contributed by atoms with E-state index >= 15 is 0 Å². The van der Waals surface area contributed by atoms with Crippen LogP contribution in [0.3, 0.4) is 0 Å². The molecule has 2 heteroatoms. The summed E-state index contributed by atoms with van der Waals surface area (Å²) in [7, 11) is 0. The molecule has 1 radical (unpaired) electrons. The van der Waals surface area contributed by atoms with Crippen LogP contribution in [0, 0.1) is 18.3 Å². The summed E-state index contributed by atoms with van der Waals surface area (Å²) in [5.41, 5.74) is 0. The number of aliphatic hydroxyl groups excluding tert-OH is 1. The van der Waals surface area contributed by atoms with Gasteiger partial charge in [-0.2, -0.15) is 0 Å². The third kappa shape index (κ3) is 2.96. The number of hydrogen-bond donors (Lipinski definition) is 1. The molecule has 0 aromatic carbocycles. The zero-order chi connectivity index (χ0) is 8.10. The van der Waals surface area contributed by atoms with Crippen LogP contribution in [0.15, 0.2) is 11.1 Å². The molecule has 1 fully saturated rings. The molecule has 0 saturated heterocycles. The van der Waals surface area contributed by atoms with E-state index in [0.717, 1.165) is 12.8 Å². The van der Waals surface area contributed by atoms with E-state index in [4.69, 9.17) is 5.11 Å². The number of rotatable bonds is 2. The minimum absolute atomic E-state index is 0.324. The Labute approximate surface area is 76.6 Å². The summed E-state index contributed by atoms with van der Waals surface area (Å²) in [6, 6.07) is 0. The lowest BCUT2D eigenvalue weighted by Crippen LogP contribution is -2.16. The van der Waals surface area contributed by atoms with Gasteiger partial charge in [-0.25, -0.2) is 0 Å². The molecule has 2 unspecified atom stereocenters. The van der Waals surface area contributed by atoms with Crippen molar-refractivity contribution in [1.82, 2.24) is 0 Å². The van der Waals surface area contributed by atoms with E-state index in [0.29, 0.717) is 18.4 Å². The zero-order valence-electron chi connectivity index (χ0n) is 6.54. The van der Waals surface area contributed by atoms with Gasteiger partial charge in [-0.05, 0) is 42.5 Å². The third-order valence-corrected chi connectivity index (χ3v) is 2.57. The SMILES string of the molecule is OCC1[CH]CC(/C=C\Br)CC1. The van der Waals surface area contributed by atoms with Crippen molar-refractivity contribution in [3.05, 3.63) is 17.5 Å². The molecule has 0 aromatic rings. The molecule has 0 aromatic heterocycles. The first kappa shape index (κ1) is 9.27. The number of aliphatic hydroxyl groups is 1. The highest BCUT2D eigenvalue weighted by molar-refractivity contribution is 9.11. The maximum atomic E-state index is 8.85. The summed E-state index contributed by atoms with van der Waals surface area (Å²) in [6.45, 7) is 0.324. The Morgan fingerprint density at radius 1 is 1.55 bits per heavy atom. The Morgan fingerprint density at radius 2 is 2.36 bits per heavy atom. The number of hydrogen-bond acceptors (Lipinski definition) is 1. The van der Waals surface area contributed by atoms with Crippen molar-refractivity contribution in [3.63, 3.8) is 0 Å². The summed E-state index contributed by atoms with van der Waals surface area (Å²) >= 11 is 3.27. The van der Waals surface area contributed by atoms with Gasteiger partial charge in [-0.15, -0.1) is 0 Å². The predicted octanol–water partition coefficient (Wildman–Crippen LogP) is 2.51. The van der Waals surface area contributed by atoms with Gasteiger partial charge >= 0.3 is 0 Å². The predicted molar refractivity (Wildman–Crippen MR) is 50.3 cm³/mol. The van der Waals surface area contributed by atoms with Crippen molar-refractivity contribution < 1.29 is 5.11 Å². The lowest BCUT2D eigenvalue weighted by molar-refractivity contribution is 0.213. The molecule has 0 spiro atoms. The van der Waals surface area contributed by atoms with Crippen LogP contribution in [0.1, 0.15) is 19.3 Å². The van der Waals surface area contributed by atoms with Gasteiger partial charge in [-0.3, -0.25) is 0 Å². The highest BCUT2D eigenvalue weighted by Crippen LogP contribution is 2.28.